The molecule has 13 heavy (non-hydrogen) atoms. The van der Waals surface area contributed by atoms with Gasteiger partial charge in [0.05, 0.1) is 5.92 Å². The minimum atomic E-state index is -0.754. The van der Waals surface area contributed by atoms with Gasteiger partial charge < -0.3 is 5.11 Å². The topological polar surface area (TPSA) is 37.3 Å². The maximum absolute atomic E-state index is 10.6. The molecule has 0 aliphatic heterocycles. The smallest absolute Gasteiger partial charge is 0.306 e. The molecule has 0 aromatic heterocycles. The third-order valence-electron chi connectivity index (χ3n) is 1.91. The molecule has 0 spiro atoms. The summed E-state index contributed by atoms with van der Waals surface area (Å²) >= 11 is 3.38. The maximum Gasteiger partial charge on any atom is 0.306 e. The largest absolute Gasteiger partial charge is 0.481 e. The third kappa shape index (κ3) is 2.84. The molecule has 1 aromatic carbocycles. The molecule has 0 amide bonds. The number of aliphatic carboxylic acids is 1. The van der Waals surface area contributed by atoms with Crippen LogP contribution < -0.4 is 0 Å². The molecule has 3 heteroatoms. The van der Waals surface area contributed by atoms with Gasteiger partial charge in [-0.15, -0.1) is 0 Å². The quantitative estimate of drug-likeness (QED) is 0.886. The summed E-state index contributed by atoms with van der Waals surface area (Å²) in [6.45, 7) is 1.71. The lowest BCUT2D eigenvalue weighted by Gasteiger charge is -2.07. The van der Waals surface area contributed by atoms with Crippen LogP contribution in [0.15, 0.2) is 28.7 Å². The zero-order valence-corrected chi connectivity index (χ0v) is 8.91. The summed E-state index contributed by atoms with van der Waals surface area (Å²) in [4.78, 5) is 10.6. The first-order chi connectivity index (χ1) is 6.11. The molecular weight excluding hydrogens is 232 g/mol. The summed E-state index contributed by atoms with van der Waals surface area (Å²) in [5.74, 6) is -1.09. The maximum atomic E-state index is 10.6. The molecule has 0 saturated heterocycles. The lowest BCUT2D eigenvalue weighted by molar-refractivity contribution is -0.141. The van der Waals surface area contributed by atoms with E-state index in [4.69, 9.17) is 5.11 Å². The molecule has 1 rings (SSSR count). The Morgan fingerprint density at radius 2 is 2.15 bits per heavy atom. The zero-order valence-electron chi connectivity index (χ0n) is 7.33. The Bertz CT molecular complexity index is 310. The van der Waals surface area contributed by atoms with E-state index in [0.29, 0.717) is 6.42 Å². The Hall–Kier alpha value is -0.830. The lowest BCUT2D eigenvalue weighted by Crippen LogP contribution is -2.12. The van der Waals surface area contributed by atoms with Gasteiger partial charge in [0, 0.05) is 4.47 Å². The van der Waals surface area contributed by atoms with E-state index in [0.717, 1.165) is 10.0 Å². The fourth-order valence-electron chi connectivity index (χ4n) is 1.08. The summed E-state index contributed by atoms with van der Waals surface area (Å²) in [6.07, 6.45) is 0.566. The molecule has 1 unspecified atom stereocenters. The average Bonchev–Trinajstić information content (AvgIpc) is 2.08. The van der Waals surface area contributed by atoms with Crippen molar-refractivity contribution in [1.29, 1.82) is 0 Å². The van der Waals surface area contributed by atoms with Crippen molar-refractivity contribution in [3.63, 3.8) is 0 Å². The van der Waals surface area contributed by atoms with Gasteiger partial charge in [0.1, 0.15) is 0 Å². The number of carboxylic acid groups (broad SMARTS) is 1. The molecular formula is C10H11BrO2. The normalized spacial score (nSPS) is 12.5. The van der Waals surface area contributed by atoms with Crippen LogP contribution in [0, 0.1) is 5.92 Å². The molecule has 0 radical (unpaired) electrons. The summed E-state index contributed by atoms with van der Waals surface area (Å²) < 4.78 is 0.975. The second kappa shape index (κ2) is 4.42. The van der Waals surface area contributed by atoms with E-state index in [1.54, 1.807) is 6.92 Å². The van der Waals surface area contributed by atoms with Gasteiger partial charge >= 0.3 is 5.97 Å². The Kier molecular flexibility index (Phi) is 3.48. The highest BCUT2D eigenvalue weighted by Crippen LogP contribution is 2.19. The lowest BCUT2D eigenvalue weighted by atomic mass is 10.0. The second-order valence-electron chi connectivity index (χ2n) is 3.03. The Labute approximate surface area is 85.7 Å². The predicted octanol–water partition coefficient (Wildman–Crippen LogP) is 2.71. The van der Waals surface area contributed by atoms with Gasteiger partial charge in [-0.2, -0.15) is 0 Å². The van der Waals surface area contributed by atoms with Crippen LogP contribution in [0.25, 0.3) is 0 Å². The minimum Gasteiger partial charge on any atom is -0.481 e. The van der Waals surface area contributed by atoms with Crippen molar-refractivity contribution >= 4 is 21.9 Å². The van der Waals surface area contributed by atoms with Gasteiger partial charge in [-0.1, -0.05) is 41.1 Å². The molecule has 1 aromatic rings. The Balaban J connectivity index is 2.74. The molecule has 70 valence electrons. The predicted molar refractivity (Wildman–Crippen MR) is 54.6 cm³/mol. The molecule has 0 bridgehead atoms. The van der Waals surface area contributed by atoms with Crippen LogP contribution in [-0.4, -0.2) is 11.1 Å². The van der Waals surface area contributed by atoms with Crippen molar-refractivity contribution in [2.75, 3.05) is 0 Å². The Morgan fingerprint density at radius 3 is 2.69 bits per heavy atom. The van der Waals surface area contributed by atoms with Gasteiger partial charge in [0.25, 0.3) is 0 Å². The molecule has 0 aliphatic carbocycles. The van der Waals surface area contributed by atoms with Crippen molar-refractivity contribution < 1.29 is 9.90 Å². The first-order valence-electron chi connectivity index (χ1n) is 4.07. The van der Waals surface area contributed by atoms with E-state index < -0.39 is 5.97 Å². The standard InChI is InChI=1S/C10H11BrO2/c1-7(10(12)13)6-8-4-2-3-5-9(8)11/h2-5,7H,6H2,1H3,(H,12,13). The van der Waals surface area contributed by atoms with Crippen LogP contribution in [0.3, 0.4) is 0 Å². The number of rotatable bonds is 3. The highest BCUT2D eigenvalue weighted by molar-refractivity contribution is 9.10. The molecule has 0 fully saturated rings. The van der Waals surface area contributed by atoms with Crippen molar-refractivity contribution in [2.24, 2.45) is 5.92 Å². The fraction of sp³-hybridized carbons (Fsp3) is 0.300. The zero-order chi connectivity index (χ0) is 9.84. The number of hydrogen-bond donors (Lipinski definition) is 1. The molecule has 0 heterocycles. The number of carbonyl (C=O) groups is 1. The summed E-state index contributed by atoms with van der Waals surface area (Å²) in [7, 11) is 0. The monoisotopic (exact) mass is 242 g/mol. The van der Waals surface area contributed by atoms with Crippen LogP contribution in [0.2, 0.25) is 0 Å². The average molecular weight is 243 g/mol. The minimum absolute atomic E-state index is 0.335. The van der Waals surface area contributed by atoms with Crippen LogP contribution in [0.4, 0.5) is 0 Å². The number of halogens is 1. The second-order valence-corrected chi connectivity index (χ2v) is 3.89. The van der Waals surface area contributed by atoms with E-state index in [9.17, 15) is 4.79 Å². The van der Waals surface area contributed by atoms with E-state index >= 15 is 0 Å². The summed E-state index contributed by atoms with van der Waals surface area (Å²) in [6, 6.07) is 7.68. The van der Waals surface area contributed by atoms with Gasteiger partial charge in [0.2, 0.25) is 0 Å². The van der Waals surface area contributed by atoms with Crippen LogP contribution in [0.5, 0.6) is 0 Å². The summed E-state index contributed by atoms with van der Waals surface area (Å²) in [5, 5.41) is 8.72. The number of benzene rings is 1. The van der Waals surface area contributed by atoms with Crippen molar-refractivity contribution in [3.05, 3.63) is 34.3 Å². The van der Waals surface area contributed by atoms with Crippen molar-refractivity contribution in [3.8, 4) is 0 Å². The van der Waals surface area contributed by atoms with Gasteiger partial charge in [0.15, 0.2) is 0 Å². The molecule has 2 nitrogen and oxygen atoms in total. The number of hydrogen-bond acceptors (Lipinski definition) is 1. The van der Waals surface area contributed by atoms with E-state index in [2.05, 4.69) is 15.9 Å². The van der Waals surface area contributed by atoms with Gasteiger partial charge in [-0.05, 0) is 18.1 Å². The first kappa shape index (κ1) is 10.3. The third-order valence-corrected chi connectivity index (χ3v) is 2.68. The van der Waals surface area contributed by atoms with E-state index in [1.807, 2.05) is 24.3 Å². The van der Waals surface area contributed by atoms with Crippen molar-refractivity contribution in [1.82, 2.24) is 0 Å². The van der Waals surface area contributed by atoms with Crippen LogP contribution >= 0.6 is 15.9 Å². The van der Waals surface area contributed by atoms with Crippen LogP contribution in [0.1, 0.15) is 12.5 Å². The SMILES string of the molecule is CC(Cc1ccccc1Br)C(=O)O. The molecule has 0 saturated carbocycles. The number of carboxylic acids is 1. The highest BCUT2D eigenvalue weighted by Gasteiger charge is 2.12. The van der Waals surface area contributed by atoms with Crippen LogP contribution in [-0.2, 0) is 11.2 Å². The fourth-order valence-corrected chi connectivity index (χ4v) is 1.53. The highest BCUT2D eigenvalue weighted by atomic mass is 79.9. The first-order valence-corrected chi connectivity index (χ1v) is 4.86. The van der Waals surface area contributed by atoms with E-state index in [1.165, 1.54) is 0 Å². The molecule has 0 aliphatic rings. The molecule has 1 N–H and O–H groups in total. The van der Waals surface area contributed by atoms with Crippen molar-refractivity contribution in [2.45, 2.75) is 13.3 Å². The molecule has 1 atom stereocenters. The van der Waals surface area contributed by atoms with E-state index in [-0.39, 0.29) is 5.92 Å². The van der Waals surface area contributed by atoms with Gasteiger partial charge in [-0.25, -0.2) is 0 Å². The summed E-state index contributed by atoms with van der Waals surface area (Å²) in [5.41, 5.74) is 1.04. The van der Waals surface area contributed by atoms with Gasteiger partial charge in [-0.3, -0.25) is 4.79 Å². The Morgan fingerprint density at radius 1 is 1.54 bits per heavy atom.